The van der Waals surface area contributed by atoms with E-state index in [9.17, 15) is 9.59 Å². The second-order valence-corrected chi connectivity index (χ2v) is 6.86. The zero-order chi connectivity index (χ0) is 18.8. The molecule has 3 aromatic rings. The number of amides is 1. The van der Waals surface area contributed by atoms with E-state index >= 15 is 0 Å². The van der Waals surface area contributed by atoms with Gasteiger partial charge in [0.25, 0.3) is 0 Å². The minimum Gasteiger partial charge on any atom is -0.487 e. The Kier molecular flexibility index (Phi) is 4.85. The first-order chi connectivity index (χ1) is 13.1. The Bertz CT molecular complexity index is 1030. The van der Waals surface area contributed by atoms with Crippen LogP contribution in [0.25, 0.3) is 11.1 Å². The summed E-state index contributed by atoms with van der Waals surface area (Å²) in [6.07, 6.45) is 4.64. The van der Waals surface area contributed by atoms with Gasteiger partial charge >= 0.3 is 5.76 Å². The monoisotopic (exact) mass is 387 g/mol. The average molecular weight is 388 g/mol. The number of carbonyl (C=O) groups is 1. The van der Waals surface area contributed by atoms with Crippen molar-refractivity contribution in [2.45, 2.75) is 25.5 Å². The Hall–Kier alpha value is -2.80. The number of hydrogen-bond donors (Lipinski definition) is 0. The molecule has 1 aliphatic rings. The molecule has 2 aromatic heterocycles. The number of oxazole rings is 1. The van der Waals surface area contributed by atoms with Gasteiger partial charge in [-0.15, -0.1) is 0 Å². The van der Waals surface area contributed by atoms with Crippen molar-refractivity contribution >= 4 is 28.6 Å². The summed E-state index contributed by atoms with van der Waals surface area (Å²) in [6, 6.07) is 8.78. The van der Waals surface area contributed by atoms with Gasteiger partial charge < -0.3 is 14.1 Å². The van der Waals surface area contributed by atoms with Gasteiger partial charge in [0, 0.05) is 25.0 Å². The summed E-state index contributed by atoms with van der Waals surface area (Å²) in [5.74, 6) is -0.112. The molecule has 1 aromatic carbocycles. The summed E-state index contributed by atoms with van der Waals surface area (Å²) in [7, 11) is 0. The number of aromatic nitrogens is 2. The Morgan fingerprint density at radius 3 is 3.04 bits per heavy atom. The van der Waals surface area contributed by atoms with Crippen LogP contribution in [-0.4, -0.2) is 39.6 Å². The Morgan fingerprint density at radius 1 is 1.33 bits per heavy atom. The van der Waals surface area contributed by atoms with Crippen molar-refractivity contribution in [3.05, 3.63) is 58.3 Å². The van der Waals surface area contributed by atoms with E-state index in [1.165, 1.54) is 10.8 Å². The topological polar surface area (TPSA) is 77.6 Å². The van der Waals surface area contributed by atoms with Crippen molar-refractivity contribution in [1.82, 2.24) is 14.5 Å². The molecule has 1 aliphatic heterocycles. The predicted molar refractivity (Wildman–Crippen MR) is 100.0 cm³/mol. The highest BCUT2D eigenvalue weighted by Crippen LogP contribution is 2.25. The van der Waals surface area contributed by atoms with Gasteiger partial charge in [0.15, 0.2) is 5.58 Å². The number of para-hydroxylation sites is 2. The van der Waals surface area contributed by atoms with Gasteiger partial charge in [0.05, 0.1) is 12.1 Å². The first-order valence-corrected chi connectivity index (χ1v) is 9.12. The van der Waals surface area contributed by atoms with Crippen molar-refractivity contribution in [1.29, 1.82) is 0 Å². The molecule has 0 aliphatic carbocycles. The van der Waals surface area contributed by atoms with Crippen LogP contribution in [0, 0.1) is 0 Å². The predicted octanol–water partition coefficient (Wildman–Crippen LogP) is 2.71. The highest BCUT2D eigenvalue weighted by Gasteiger charge is 2.26. The molecular weight excluding hydrogens is 370 g/mol. The van der Waals surface area contributed by atoms with Crippen LogP contribution < -0.4 is 10.5 Å². The zero-order valence-corrected chi connectivity index (χ0v) is 15.3. The second kappa shape index (κ2) is 7.44. The summed E-state index contributed by atoms with van der Waals surface area (Å²) in [4.78, 5) is 30.5. The highest BCUT2D eigenvalue weighted by atomic mass is 35.5. The molecule has 1 atom stereocenters. The van der Waals surface area contributed by atoms with Gasteiger partial charge in [-0.25, -0.2) is 4.79 Å². The molecule has 0 N–H and O–H groups in total. The van der Waals surface area contributed by atoms with E-state index in [1.54, 1.807) is 35.4 Å². The van der Waals surface area contributed by atoms with E-state index in [2.05, 4.69) is 4.98 Å². The van der Waals surface area contributed by atoms with E-state index < -0.39 is 5.76 Å². The normalized spacial score (nSPS) is 17.2. The minimum atomic E-state index is -0.530. The third kappa shape index (κ3) is 3.68. The van der Waals surface area contributed by atoms with E-state index in [4.69, 9.17) is 20.8 Å². The fraction of sp³-hybridized carbons (Fsp3) is 0.316. The SMILES string of the molecule is O=C(Cn1c(=O)oc2ccccc21)N1CCC[C@@H](Oc2ccncc2Cl)C1. The number of ether oxygens (including phenoxy) is 1. The number of pyridine rings is 1. The van der Waals surface area contributed by atoms with Crippen LogP contribution in [0.3, 0.4) is 0 Å². The fourth-order valence-electron chi connectivity index (χ4n) is 3.30. The minimum absolute atomic E-state index is 0.0570. The summed E-state index contributed by atoms with van der Waals surface area (Å²) < 4.78 is 12.5. The lowest BCUT2D eigenvalue weighted by Gasteiger charge is -2.33. The molecular formula is C19H18ClN3O4. The van der Waals surface area contributed by atoms with Gasteiger partial charge in [-0.05, 0) is 25.0 Å². The zero-order valence-electron chi connectivity index (χ0n) is 14.5. The quantitative estimate of drug-likeness (QED) is 0.687. The Balaban J connectivity index is 1.46. The molecule has 0 spiro atoms. The van der Waals surface area contributed by atoms with Crippen LogP contribution in [-0.2, 0) is 11.3 Å². The lowest BCUT2D eigenvalue weighted by atomic mass is 10.1. The van der Waals surface area contributed by atoms with E-state index in [-0.39, 0.29) is 18.6 Å². The molecule has 0 saturated carbocycles. The molecule has 3 heterocycles. The van der Waals surface area contributed by atoms with Gasteiger partial charge in [0.1, 0.15) is 23.4 Å². The number of nitrogens with zero attached hydrogens (tertiary/aromatic N) is 3. The first kappa shape index (κ1) is 17.6. The third-order valence-electron chi connectivity index (χ3n) is 4.63. The number of halogens is 1. The molecule has 1 fully saturated rings. The molecule has 1 saturated heterocycles. The van der Waals surface area contributed by atoms with Crippen LogP contribution >= 0.6 is 11.6 Å². The number of carbonyl (C=O) groups excluding carboxylic acids is 1. The highest BCUT2D eigenvalue weighted by molar-refractivity contribution is 6.31. The van der Waals surface area contributed by atoms with Crippen LogP contribution in [0.5, 0.6) is 5.75 Å². The second-order valence-electron chi connectivity index (χ2n) is 6.45. The van der Waals surface area contributed by atoms with Crippen LogP contribution in [0.1, 0.15) is 12.8 Å². The fourth-order valence-corrected chi connectivity index (χ4v) is 3.46. The van der Waals surface area contributed by atoms with Gasteiger partial charge in [0.2, 0.25) is 5.91 Å². The van der Waals surface area contributed by atoms with Crippen molar-refractivity contribution in [3.8, 4) is 5.75 Å². The lowest BCUT2D eigenvalue weighted by molar-refractivity contribution is -0.134. The molecule has 1 amide bonds. The van der Waals surface area contributed by atoms with E-state index in [0.717, 1.165) is 12.8 Å². The molecule has 8 heteroatoms. The molecule has 140 valence electrons. The van der Waals surface area contributed by atoms with Crippen molar-refractivity contribution < 1.29 is 13.9 Å². The molecule has 4 rings (SSSR count). The smallest absolute Gasteiger partial charge is 0.420 e. The van der Waals surface area contributed by atoms with Gasteiger partial charge in [-0.2, -0.15) is 0 Å². The molecule has 7 nitrogen and oxygen atoms in total. The summed E-state index contributed by atoms with van der Waals surface area (Å²) in [5, 5.41) is 0.442. The van der Waals surface area contributed by atoms with E-state index in [0.29, 0.717) is 35.0 Å². The van der Waals surface area contributed by atoms with Crippen molar-refractivity contribution in [3.63, 3.8) is 0 Å². The maximum Gasteiger partial charge on any atom is 0.420 e. The largest absolute Gasteiger partial charge is 0.487 e. The molecule has 27 heavy (non-hydrogen) atoms. The Morgan fingerprint density at radius 2 is 2.19 bits per heavy atom. The summed E-state index contributed by atoms with van der Waals surface area (Å²) >= 11 is 6.09. The van der Waals surface area contributed by atoms with Crippen LogP contribution in [0.2, 0.25) is 5.02 Å². The first-order valence-electron chi connectivity index (χ1n) is 8.74. The molecule has 0 radical (unpaired) electrons. The standard InChI is InChI=1S/C19H18ClN3O4/c20-14-10-21-8-7-16(14)26-13-4-3-9-22(11-13)18(24)12-23-15-5-1-2-6-17(15)27-19(23)25/h1-2,5-8,10,13H,3-4,9,11-12H2/t13-/m1/s1. The van der Waals surface area contributed by atoms with Gasteiger partial charge in [-0.1, -0.05) is 23.7 Å². The van der Waals surface area contributed by atoms with Crippen molar-refractivity contribution in [2.24, 2.45) is 0 Å². The number of hydrogen-bond acceptors (Lipinski definition) is 5. The number of rotatable bonds is 4. The molecule has 0 unspecified atom stereocenters. The average Bonchev–Trinajstić information content (AvgIpc) is 2.99. The van der Waals surface area contributed by atoms with Crippen molar-refractivity contribution in [2.75, 3.05) is 13.1 Å². The maximum atomic E-state index is 12.8. The van der Waals surface area contributed by atoms with Crippen LogP contribution in [0.4, 0.5) is 0 Å². The summed E-state index contributed by atoms with van der Waals surface area (Å²) in [6.45, 7) is 1.02. The number of benzene rings is 1. The number of likely N-dealkylation sites (tertiary alicyclic amines) is 1. The number of piperidine rings is 1. The van der Waals surface area contributed by atoms with Crippen LogP contribution in [0.15, 0.2) is 51.9 Å². The lowest BCUT2D eigenvalue weighted by Crippen LogP contribution is -2.46. The number of fused-ring (bicyclic) bond motifs is 1. The van der Waals surface area contributed by atoms with E-state index in [1.807, 2.05) is 6.07 Å². The Labute approximate surface area is 160 Å². The summed E-state index contributed by atoms with van der Waals surface area (Å²) in [5.41, 5.74) is 1.09. The third-order valence-corrected chi connectivity index (χ3v) is 4.91. The molecule has 0 bridgehead atoms. The maximum absolute atomic E-state index is 12.8. The van der Waals surface area contributed by atoms with Gasteiger partial charge in [-0.3, -0.25) is 14.3 Å².